The standard InChI is InChI=1S/C19H17Cl2FN2O/c20-15-7-5-14(16(21)13-15)6-8-19(25)24-11-9-23(10-12-24)18-4-2-1-3-17(18)22/h1-8,13H,9-12H2/b8-6+. The number of benzene rings is 2. The average Bonchev–Trinajstić information content (AvgIpc) is 2.61. The second kappa shape index (κ2) is 7.89. The van der Waals surface area contributed by atoms with Gasteiger partial charge >= 0.3 is 0 Å². The predicted octanol–water partition coefficient (Wildman–Crippen LogP) is 4.49. The number of anilines is 1. The minimum atomic E-state index is -0.237. The smallest absolute Gasteiger partial charge is 0.246 e. The summed E-state index contributed by atoms with van der Waals surface area (Å²) in [6.45, 7) is 2.29. The number of para-hydroxylation sites is 1. The van der Waals surface area contributed by atoms with E-state index in [1.54, 1.807) is 41.3 Å². The molecular formula is C19H17Cl2FN2O. The minimum Gasteiger partial charge on any atom is -0.366 e. The van der Waals surface area contributed by atoms with Gasteiger partial charge in [0.15, 0.2) is 0 Å². The zero-order valence-corrected chi connectivity index (χ0v) is 15.0. The van der Waals surface area contributed by atoms with Gasteiger partial charge in [-0.05, 0) is 35.9 Å². The molecule has 1 saturated heterocycles. The van der Waals surface area contributed by atoms with Crippen LogP contribution in [0, 0.1) is 5.82 Å². The Hall–Kier alpha value is -2.04. The summed E-state index contributed by atoms with van der Waals surface area (Å²) in [5.41, 5.74) is 1.32. The lowest BCUT2D eigenvalue weighted by Crippen LogP contribution is -2.48. The third kappa shape index (κ3) is 4.33. The first-order valence-corrected chi connectivity index (χ1v) is 8.72. The molecule has 0 aromatic heterocycles. The van der Waals surface area contributed by atoms with Gasteiger partial charge in [0.1, 0.15) is 5.82 Å². The van der Waals surface area contributed by atoms with Crippen LogP contribution in [0.1, 0.15) is 5.56 Å². The first-order chi connectivity index (χ1) is 12.0. The second-order valence-corrected chi connectivity index (χ2v) is 6.61. The molecule has 0 aliphatic carbocycles. The maximum Gasteiger partial charge on any atom is 0.246 e. The molecule has 0 unspecified atom stereocenters. The fraction of sp³-hybridized carbons (Fsp3) is 0.211. The van der Waals surface area contributed by atoms with Crippen molar-refractivity contribution in [3.8, 4) is 0 Å². The molecular weight excluding hydrogens is 362 g/mol. The molecule has 0 atom stereocenters. The third-order valence-corrected chi connectivity index (χ3v) is 4.71. The van der Waals surface area contributed by atoms with Crippen molar-refractivity contribution < 1.29 is 9.18 Å². The summed E-state index contributed by atoms with van der Waals surface area (Å²) in [6.07, 6.45) is 3.19. The normalized spacial score (nSPS) is 15.0. The molecule has 25 heavy (non-hydrogen) atoms. The molecule has 3 rings (SSSR count). The second-order valence-electron chi connectivity index (χ2n) is 5.76. The van der Waals surface area contributed by atoms with E-state index < -0.39 is 0 Å². The van der Waals surface area contributed by atoms with E-state index in [-0.39, 0.29) is 11.7 Å². The zero-order valence-electron chi connectivity index (χ0n) is 13.5. The number of hydrogen-bond acceptors (Lipinski definition) is 2. The summed E-state index contributed by atoms with van der Waals surface area (Å²) >= 11 is 12.0. The van der Waals surface area contributed by atoms with Crippen molar-refractivity contribution in [3.63, 3.8) is 0 Å². The molecule has 1 heterocycles. The van der Waals surface area contributed by atoms with E-state index >= 15 is 0 Å². The van der Waals surface area contributed by atoms with E-state index in [0.29, 0.717) is 41.9 Å². The fourth-order valence-electron chi connectivity index (χ4n) is 2.78. The Morgan fingerprint density at radius 2 is 1.76 bits per heavy atom. The highest BCUT2D eigenvalue weighted by Crippen LogP contribution is 2.23. The quantitative estimate of drug-likeness (QED) is 0.734. The van der Waals surface area contributed by atoms with Crippen molar-refractivity contribution in [3.05, 3.63) is 70.0 Å². The molecule has 0 spiro atoms. The molecule has 130 valence electrons. The number of halogens is 3. The predicted molar refractivity (Wildman–Crippen MR) is 101 cm³/mol. The fourth-order valence-corrected chi connectivity index (χ4v) is 3.25. The summed E-state index contributed by atoms with van der Waals surface area (Å²) in [4.78, 5) is 16.0. The Morgan fingerprint density at radius 3 is 2.44 bits per heavy atom. The average molecular weight is 379 g/mol. The molecule has 0 bridgehead atoms. The summed E-state index contributed by atoms with van der Waals surface area (Å²) in [5, 5.41) is 1.05. The maximum absolute atomic E-state index is 13.8. The van der Waals surface area contributed by atoms with Crippen LogP contribution in [0.4, 0.5) is 10.1 Å². The van der Waals surface area contributed by atoms with Gasteiger partial charge in [0, 0.05) is 42.3 Å². The number of hydrogen-bond donors (Lipinski definition) is 0. The molecule has 1 aliphatic heterocycles. The maximum atomic E-state index is 13.8. The molecule has 1 fully saturated rings. The lowest BCUT2D eigenvalue weighted by molar-refractivity contribution is -0.126. The van der Waals surface area contributed by atoms with Crippen LogP contribution in [0.2, 0.25) is 10.0 Å². The Kier molecular flexibility index (Phi) is 5.61. The van der Waals surface area contributed by atoms with Gasteiger partial charge in [-0.15, -0.1) is 0 Å². The number of amides is 1. The van der Waals surface area contributed by atoms with Crippen molar-refractivity contribution in [2.45, 2.75) is 0 Å². The van der Waals surface area contributed by atoms with Gasteiger partial charge in [0.05, 0.1) is 5.69 Å². The van der Waals surface area contributed by atoms with Crippen LogP contribution in [0.3, 0.4) is 0 Å². The highest BCUT2D eigenvalue weighted by molar-refractivity contribution is 6.35. The van der Waals surface area contributed by atoms with Crippen molar-refractivity contribution in [1.29, 1.82) is 0 Å². The van der Waals surface area contributed by atoms with Gasteiger partial charge in [0.25, 0.3) is 0 Å². The Bertz CT molecular complexity index is 802. The van der Waals surface area contributed by atoms with Crippen molar-refractivity contribution in [2.24, 2.45) is 0 Å². The summed E-state index contributed by atoms with van der Waals surface area (Å²) in [5.74, 6) is -0.321. The van der Waals surface area contributed by atoms with E-state index in [1.807, 2.05) is 11.0 Å². The van der Waals surface area contributed by atoms with Crippen LogP contribution < -0.4 is 4.90 Å². The van der Waals surface area contributed by atoms with Crippen molar-refractivity contribution >= 4 is 40.9 Å². The lowest BCUT2D eigenvalue weighted by atomic mass is 10.2. The van der Waals surface area contributed by atoms with Crippen LogP contribution >= 0.6 is 23.2 Å². The molecule has 0 saturated carbocycles. The van der Waals surface area contributed by atoms with E-state index in [1.165, 1.54) is 12.1 Å². The molecule has 1 amide bonds. The van der Waals surface area contributed by atoms with Crippen molar-refractivity contribution in [1.82, 2.24) is 4.90 Å². The summed E-state index contributed by atoms with van der Waals surface area (Å²) in [6, 6.07) is 11.8. The molecule has 3 nitrogen and oxygen atoms in total. The van der Waals surface area contributed by atoms with Crippen LogP contribution in [-0.4, -0.2) is 37.0 Å². The van der Waals surface area contributed by atoms with Gasteiger partial charge in [-0.2, -0.15) is 0 Å². The van der Waals surface area contributed by atoms with E-state index in [9.17, 15) is 9.18 Å². The highest BCUT2D eigenvalue weighted by Gasteiger charge is 2.21. The topological polar surface area (TPSA) is 23.6 Å². The van der Waals surface area contributed by atoms with Crippen LogP contribution in [0.25, 0.3) is 6.08 Å². The number of rotatable bonds is 3. The number of carbonyl (C=O) groups is 1. The van der Waals surface area contributed by atoms with Gasteiger partial charge in [-0.25, -0.2) is 4.39 Å². The number of piperazine rings is 1. The van der Waals surface area contributed by atoms with Crippen LogP contribution in [0.5, 0.6) is 0 Å². The molecule has 1 aliphatic rings. The summed E-state index contributed by atoms with van der Waals surface area (Å²) in [7, 11) is 0. The Balaban J connectivity index is 1.60. The third-order valence-electron chi connectivity index (χ3n) is 4.15. The number of nitrogens with zero attached hydrogens (tertiary/aromatic N) is 2. The monoisotopic (exact) mass is 378 g/mol. The molecule has 0 N–H and O–H groups in total. The molecule has 0 radical (unpaired) electrons. The molecule has 2 aromatic rings. The zero-order chi connectivity index (χ0) is 17.8. The number of carbonyl (C=O) groups excluding carboxylic acids is 1. The SMILES string of the molecule is O=C(/C=C/c1ccc(Cl)cc1Cl)N1CCN(c2ccccc2F)CC1. The molecule has 2 aromatic carbocycles. The first-order valence-electron chi connectivity index (χ1n) is 7.96. The van der Waals surface area contributed by atoms with Gasteiger partial charge < -0.3 is 9.80 Å². The lowest BCUT2D eigenvalue weighted by Gasteiger charge is -2.35. The first kappa shape index (κ1) is 17.8. The summed E-state index contributed by atoms with van der Waals surface area (Å²) < 4.78 is 13.8. The van der Waals surface area contributed by atoms with Crippen LogP contribution in [0.15, 0.2) is 48.5 Å². The Labute approximate surface area is 156 Å². The van der Waals surface area contributed by atoms with E-state index in [0.717, 1.165) is 5.56 Å². The van der Waals surface area contributed by atoms with Crippen molar-refractivity contribution in [2.75, 3.05) is 31.1 Å². The largest absolute Gasteiger partial charge is 0.366 e. The van der Waals surface area contributed by atoms with Gasteiger partial charge in [0.2, 0.25) is 5.91 Å². The van der Waals surface area contributed by atoms with Gasteiger partial charge in [-0.3, -0.25) is 4.79 Å². The van der Waals surface area contributed by atoms with Crippen LogP contribution in [-0.2, 0) is 4.79 Å². The van der Waals surface area contributed by atoms with E-state index in [4.69, 9.17) is 23.2 Å². The minimum absolute atomic E-state index is 0.0841. The Morgan fingerprint density at radius 1 is 1.04 bits per heavy atom. The van der Waals surface area contributed by atoms with E-state index in [2.05, 4.69) is 0 Å². The van der Waals surface area contributed by atoms with Gasteiger partial charge in [-0.1, -0.05) is 41.4 Å². The molecule has 6 heteroatoms. The highest BCUT2D eigenvalue weighted by atomic mass is 35.5.